The average Bonchev–Trinajstić information content (AvgIpc) is 2.37. The number of rotatable bonds is 4. The quantitative estimate of drug-likeness (QED) is 0.878. The molecule has 0 fully saturated rings. The largest absolute Gasteiger partial charge is 0.327 e. The summed E-state index contributed by atoms with van der Waals surface area (Å²) in [7, 11) is 0. The van der Waals surface area contributed by atoms with Crippen LogP contribution >= 0.6 is 27.5 Å². The van der Waals surface area contributed by atoms with Crippen molar-refractivity contribution in [2.75, 3.05) is 0 Å². The molecule has 0 saturated carbocycles. The minimum atomic E-state index is -0.282. The molecule has 100 valence electrons. The van der Waals surface area contributed by atoms with Crippen molar-refractivity contribution in [1.82, 2.24) is 0 Å². The summed E-state index contributed by atoms with van der Waals surface area (Å²) in [5, 5.41) is 0.563. The third-order valence-electron chi connectivity index (χ3n) is 2.90. The molecule has 0 spiro atoms. The Morgan fingerprint density at radius 1 is 1.11 bits per heavy atom. The summed E-state index contributed by atoms with van der Waals surface area (Å²) in [4.78, 5) is 0. The van der Waals surface area contributed by atoms with Crippen LogP contribution in [0, 0.1) is 5.82 Å². The van der Waals surface area contributed by atoms with Crippen LogP contribution in [0.25, 0.3) is 0 Å². The standard InChI is InChI=1S/C15H14BrClFN/c16-12-3-1-10(2-4-12)7-14(19)9-11-8-13(18)5-6-15(11)17/h1-6,8,14H,7,9,19H2. The van der Waals surface area contributed by atoms with Crippen LogP contribution in [0.1, 0.15) is 11.1 Å². The fraction of sp³-hybridized carbons (Fsp3) is 0.200. The van der Waals surface area contributed by atoms with Gasteiger partial charge in [0.25, 0.3) is 0 Å². The van der Waals surface area contributed by atoms with Crippen molar-refractivity contribution in [2.45, 2.75) is 18.9 Å². The molecule has 0 amide bonds. The second-order valence-electron chi connectivity index (χ2n) is 4.53. The van der Waals surface area contributed by atoms with Gasteiger partial charge in [0.15, 0.2) is 0 Å². The van der Waals surface area contributed by atoms with Gasteiger partial charge in [0.05, 0.1) is 0 Å². The van der Waals surface area contributed by atoms with E-state index in [1.165, 1.54) is 12.1 Å². The highest BCUT2D eigenvalue weighted by Gasteiger charge is 2.09. The van der Waals surface area contributed by atoms with Gasteiger partial charge in [-0.3, -0.25) is 0 Å². The Labute approximate surface area is 125 Å². The molecule has 2 rings (SSSR count). The van der Waals surface area contributed by atoms with Gasteiger partial charge >= 0.3 is 0 Å². The first-order valence-electron chi connectivity index (χ1n) is 5.98. The lowest BCUT2D eigenvalue weighted by Gasteiger charge is -2.13. The van der Waals surface area contributed by atoms with E-state index in [2.05, 4.69) is 15.9 Å². The Hall–Kier alpha value is -0.900. The van der Waals surface area contributed by atoms with Crippen LogP contribution in [0.15, 0.2) is 46.9 Å². The molecular formula is C15H14BrClFN. The molecule has 0 heterocycles. The van der Waals surface area contributed by atoms with Gasteiger partial charge in [0.2, 0.25) is 0 Å². The molecule has 0 aliphatic carbocycles. The fourth-order valence-corrected chi connectivity index (χ4v) is 2.44. The van der Waals surface area contributed by atoms with Crippen LogP contribution in [-0.4, -0.2) is 6.04 Å². The maximum absolute atomic E-state index is 13.2. The van der Waals surface area contributed by atoms with Crippen molar-refractivity contribution in [1.29, 1.82) is 0 Å². The van der Waals surface area contributed by atoms with Crippen molar-refractivity contribution in [2.24, 2.45) is 5.73 Å². The Bertz CT molecular complexity index is 557. The van der Waals surface area contributed by atoms with Crippen LogP contribution in [0.4, 0.5) is 4.39 Å². The van der Waals surface area contributed by atoms with Gasteiger partial charge in [-0.15, -0.1) is 0 Å². The molecule has 1 nitrogen and oxygen atoms in total. The molecule has 0 bridgehead atoms. The van der Waals surface area contributed by atoms with Gasteiger partial charge < -0.3 is 5.73 Å². The van der Waals surface area contributed by atoms with E-state index in [0.717, 1.165) is 22.0 Å². The third kappa shape index (κ3) is 4.30. The topological polar surface area (TPSA) is 26.0 Å². The van der Waals surface area contributed by atoms with Crippen LogP contribution in [0.2, 0.25) is 5.02 Å². The molecule has 4 heteroatoms. The second kappa shape index (κ2) is 6.51. The zero-order valence-electron chi connectivity index (χ0n) is 10.2. The summed E-state index contributed by atoms with van der Waals surface area (Å²) in [5.74, 6) is -0.282. The van der Waals surface area contributed by atoms with Crippen LogP contribution < -0.4 is 5.73 Å². The Morgan fingerprint density at radius 2 is 1.79 bits per heavy atom. The lowest BCUT2D eigenvalue weighted by Crippen LogP contribution is -2.25. The number of hydrogen-bond donors (Lipinski definition) is 1. The third-order valence-corrected chi connectivity index (χ3v) is 3.80. The molecule has 2 aromatic carbocycles. The highest BCUT2D eigenvalue weighted by molar-refractivity contribution is 9.10. The normalized spacial score (nSPS) is 12.4. The summed E-state index contributed by atoms with van der Waals surface area (Å²) in [6, 6.07) is 12.3. The lowest BCUT2D eigenvalue weighted by atomic mass is 10.00. The molecule has 0 saturated heterocycles. The minimum Gasteiger partial charge on any atom is -0.327 e. The van der Waals surface area contributed by atoms with Crippen LogP contribution in [0.3, 0.4) is 0 Å². The van der Waals surface area contributed by atoms with Crippen molar-refractivity contribution in [3.63, 3.8) is 0 Å². The summed E-state index contributed by atoms with van der Waals surface area (Å²) in [6.45, 7) is 0. The minimum absolute atomic E-state index is 0.0829. The summed E-state index contributed by atoms with van der Waals surface area (Å²) in [6.07, 6.45) is 1.30. The number of hydrogen-bond acceptors (Lipinski definition) is 1. The highest BCUT2D eigenvalue weighted by Crippen LogP contribution is 2.19. The summed E-state index contributed by atoms with van der Waals surface area (Å²) >= 11 is 9.43. The molecule has 1 atom stereocenters. The van der Waals surface area contributed by atoms with Crippen molar-refractivity contribution in [3.05, 3.63) is 68.9 Å². The van der Waals surface area contributed by atoms with Crippen LogP contribution in [-0.2, 0) is 12.8 Å². The molecular weight excluding hydrogens is 329 g/mol. The van der Waals surface area contributed by atoms with E-state index in [1.54, 1.807) is 6.07 Å². The summed E-state index contributed by atoms with van der Waals surface area (Å²) < 4.78 is 14.2. The Morgan fingerprint density at radius 3 is 2.47 bits per heavy atom. The highest BCUT2D eigenvalue weighted by atomic mass is 79.9. The predicted octanol–water partition coefficient (Wildman–Crippen LogP) is 4.35. The average molecular weight is 343 g/mol. The van der Waals surface area contributed by atoms with E-state index < -0.39 is 0 Å². The maximum Gasteiger partial charge on any atom is 0.123 e. The Kier molecular flexibility index (Phi) is 4.97. The van der Waals surface area contributed by atoms with Crippen molar-refractivity contribution >= 4 is 27.5 Å². The maximum atomic E-state index is 13.2. The van der Waals surface area contributed by atoms with Crippen molar-refractivity contribution in [3.8, 4) is 0 Å². The van der Waals surface area contributed by atoms with Gasteiger partial charge in [-0.05, 0) is 54.3 Å². The first-order valence-corrected chi connectivity index (χ1v) is 7.15. The van der Waals surface area contributed by atoms with Gasteiger partial charge in [-0.1, -0.05) is 39.7 Å². The number of halogens is 3. The van der Waals surface area contributed by atoms with E-state index in [1.807, 2.05) is 24.3 Å². The molecule has 0 aliphatic heterocycles. The van der Waals surface area contributed by atoms with Crippen molar-refractivity contribution < 1.29 is 4.39 Å². The monoisotopic (exact) mass is 341 g/mol. The second-order valence-corrected chi connectivity index (χ2v) is 5.85. The van der Waals surface area contributed by atoms with Crippen LogP contribution in [0.5, 0.6) is 0 Å². The first kappa shape index (κ1) is 14.5. The zero-order valence-corrected chi connectivity index (χ0v) is 12.6. The molecule has 0 radical (unpaired) electrons. The van der Waals surface area contributed by atoms with Gasteiger partial charge in [0.1, 0.15) is 5.82 Å². The SMILES string of the molecule is NC(Cc1ccc(Br)cc1)Cc1cc(F)ccc1Cl. The van der Waals surface area contributed by atoms with Gasteiger partial charge in [-0.2, -0.15) is 0 Å². The molecule has 19 heavy (non-hydrogen) atoms. The van der Waals surface area contributed by atoms with E-state index in [0.29, 0.717) is 11.4 Å². The molecule has 0 aliphatic rings. The van der Waals surface area contributed by atoms with E-state index in [4.69, 9.17) is 17.3 Å². The first-order chi connectivity index (χ1) is 9.04. The Balaban J connectivity index is 2.02. The predicted molar refractivity (Wildman–Crippen MR) is 80.9 cm³/mol. The van der Waals surface area contributed by atoms with E-state index >= 15 is 0 Å². The fourth-order valence-electron chi connectivity index (χ4n) is 1.98. The molecule has 2 aromatic rings. The smallest absolute Gasteiger partial charge is 0.123 e. The van der Waals surface area contributed by atoms with Gasteiger partial charge in [-0.25, -0.2) is 4.39 Å². The zero-order chi connectivity index (χ0) is 13.8. The van der Waals surface area contributed by atoms with E-state index in [-0.39, 0.29) is 11.9 Å². The number of nitrogens with two attached hydrogens (primary N) is 1. The number of benzene rings is 2. The van der Waals surface area contributed by atoms with Gasteiger partial charge in [0, 0.05) is 15.5 Å². The lowest BCUT2D eigenvalue weighted by molar-refractivity contribution is 0.618. The molecule has 0 aromatic heterocycles. The van der Waals surface area contributed by atoms with E-state index in [9.17, 15) is 4.39 Å². The molecule has 1 unspecified atom stereocenters. The molecule has 2 N–H and O–H groups in total. The summed E-state index contributed by atoms with van der Waals surface area (Å²) in [5.41, 5.74) is 8.01.